The van der Waals surface area contributed by atoms with Crippen molar-refractivity contribution in [2.45, 2.75) is 38.8 Å². The van der Waals surface area contributed by atoms with Crippen LogP contribution in [-0.2, 0) is 6.42 Å². The molecular formula is C15H25BrN2S. The van der Waals surface area contributed by atoms with E-state index >= 15 is 0 Å². The lowest BCUT2D eigenvalue weighted by molar-refractivity contribution is 0.668. The first-order valence-electron chi connectivity index (χ1n) is 6.71. The fraction of sp³-hybridized carbons (Fsp3) is 0.600. The molecule has 0 fully saturated rings. The molecule has 2 atom stereocenters. The quantitative estimate of drug-likeness (QED) is 0.812. The fourth-order valence-corrected chi connectivity index (χ4v) is 3.34. The topological polar surface area (TPSA) is 29.3 Å². The normalized spacial score (nSPS) is 14.2. The summed E-state index contributed by atoms with van der Waals surface area (Å²) in [4.78, 5) is 2.34. The van der Waals surface area contributed by atoms with Gasteiger partial charge in [-0.05, 0) is 72.3 Å². The average molecular weight is 345 g/mol. The second-order valence-corrected chi connectivity index (χ2v) is 7.05. The van der Waals surface area contributed by atoms with E-state index in [9.17, 15) is 0 Å². The molecule has 1 rings (SSSR count). The maximum absolute atomic E-state index is 5.85. The summed E-state index contributed by atoms with van der Waals surface area (Å²) >= 11 is 5.59. The summed E-state index contributed by atoms with van der Waals surface area (Å²) in [5.74, 6) is 1.20. The van der Waals surface area contributed by atoms with Crippen molar-refractivity contribution in [2.75, 3.05) is 24.0 Å². The number of benzene rings is 1. The van der Waals surface area contributed by atoms with Crippen LogP contribution < -0.4 is 10.6 Å². The third kappa shape index (κ3) is 5.36. The SMILES string of the molecule is CSCCC(C)N(C)c1ccc(CC(C)N)cc1Br. The number of hydrogen-bond donors (Lipinski definition) is 1. The first-order valence-corrected chi connectivity index (χ1v) is 8.90. The number of halogens is 1. The number of rotatable bonds is 7. The Morgan fingerprint density at radius 2 is 2.05 bits per heavy atom. The number of nitrogens with zero attached hydrogens (tertiary/aromatic N) is 1. The highest BCUT2D eigenvalue weighted by Crippen LogP contribution is 2.29. The lowest BCUT2D eigenvalue weighted by atomic mass is 10.1. The van der Waals surface area contributed by atoms with Gasteiger partial charge in [0.25, 0.3) is 0 Å². The smallest absolute Gasteiger partial charge is 0.0510 e. The van der Waals surface area contributed by atoms with Gasteiger partial charge in [-0.25, -0.2) is 0 Å². The highest BCUT2D eigenvalue weighted by Gasteiger charge is 2.13. The van der Waals surface area contributed by atoms with Crippen molar-refractivity contribution in [3.05, 3.63) is 28.2 Å². The van der Waals surface area contributed by atoms with E-state index in [0.717, 1.165) is 10.9 Å². The van der Waals surface area contributed by atoms with Gasteiger partial charge in [0, 0.05) is 23.6 Å². The van der Waals surface area contributed by atoms with Crippen LogP contribution in [0.3, 0.4) is 0 Å². The molecule has 0 bridgehead atoms. The Labute approximate surface area is 130 Å². The van der Waals surface area contributed by atoms with Crippen molar-refractivity contribution >= 4 is 33.4 Å². The van der Waals surface area contributed by atoms with E-state index in [2.05, 4.69) is 59.3 Å². The summed E-state index contributed by atoms with van der Waals surface area (Å²) in [6.07, 6.45) is 4.28. The molecule has 0 radical (unpaired) electrons. The van der Waals surface area contributed by atoms with Crippen molar-refractivity contribution in [2.24, 2.45) is 5.73 Å². The summed E-state index contributed by atoms with van der Waals surface area (Å²) in [6, 6.07) is 7.31. The van der Waals surface area contributed by atoms with Crippen LogP contribution in [0.5, 0.6) is 0 Å². The Morgan fingerprint density at radius 3 is 2.58 bits per heavy atom. The van der Waals surface area contributed by atoms with E-state index in [1.54, 1.807) is 0 Å². The Balaban J connectivity index is 2.77. The summed E-state index contributed by atoms with van der Waals surface area (Å²) < 4.78 is 1.16. The second kappa shape index (κ2) is 8.18. The molecule has 1 aromatic rings. The number of hydrogen-bond acceptors (Lipinski definition) is 3. The zero-order valence-corrected chi connectivity index (χ0v) is 14.7. The van der Waals surface area contributed by atoms with Gasteiger partial charge in [0.1, 0.15) is 0 Å². The molecule has 0 aliphatic heterocycles. The van der Waals surface area contributed by atoms with E-state index in [-0.39, 0.29) is 6.04 Å². The number of thioether (sulfide) groups is 1. The van der Waals surface area contributed by atoms with Crippen molar-refractivity contribution in [1.82, 2.24) is 0 Å². The van der Waals surface area contributed by atoms with Gasteiger partial charge in [-0.1, -0.05) is 6.07 Å². The van der Waals surface area contributed by atoms with E-state index in [1.807, 2.05) is 18.7 Å². The van der Waals surface area contributed by atoms with Gasteiger partial charge >= 0.3 is 0 Å². The van der Waals surface area contributed by atoms with Crippen LogP contribution >= 0.6 is 27.7 Å². The maximum Gasteiger partial charge on any atom is 0.0510 e. The van der Waals surface area contributed by atoms with Gasteiger partial charge in [-0.3, -0.25) is 0 Å². The summed E-state index contributed by atoms with van der Waals surface area (Å²) in [7, 11) is 2.16. The standard InChI is InChI=1S/C15H25BrN2S/c1-11(17)9-13-5-6-15(14(16)10-13)18(3)12(2)7-8-19-4/h5-6,10-12H,7-9,17H2,1-4H3. The molecule has 0 aliphatic rings. The van der Waals surface area contributed by atoms with Crippen molar-refractivity contribution in [1.29, 1.82) is 0 Å². The van der Waals surface area contributed by atoms with E-state index < -0.39 is 0 Å². The van der Waals surface area contributed by atoms with Gasteiger partial charge in [-0.2, -0.15) is 11.8 Å². The zero-order valence-electron chi connectivity index (χ0n) is 12.3. The Kier molecular flexibility index (Phi) is 7.26. The van der Waals surface area contributed by atoms with Crippen molar-refractivity contribution in [3.8, 4) is 0 Å². The summed E-state index contributed by atoms with van der Waals surface area (Å²) in [5, 5.41) is 0. The average Bonchev–Trinajstić information content (AvgIpc) is 2.34. The fourth-order valence-electron chi connectivity index (χ4n) is 2.05. The highest BCUT2D eigenvalue weighted by molar-refractivity contribution is 9.10. The third-order valence-corrected chi connectivity index (χ3v) is 4.63. The zero-order chi connectivity index (χ0) is 14.4. The molecule has 4 heteroatoms. The van der Waals surface area contributed by atoms with Gasteiger partial charge in [0.2, 0.25) is 0 Å². The van der Waals surface area contributed by atoms with Gasteiger partial charge in [0.05, 0.1) is 5.69 Å². The van der Waals surface area contributed by atoms with Crippen LogP contribution in [0.4, 0.5) is 5.69 Å². The minimum atomic E-state index is 0.205. The van der Waals surface area contributed by atoms with Crippen LogP contribution in [-0.4, -0.2) is 31.1 Å². The predicted molar refractivity (Wildman–Crippen MR) is 92.4 cm³/mol. The molecular weight excluding hydrogens is 320 g/mol. The second-order valence-electron chi connectivity index (χ2n) is 5.21. The molecule has 0 aliphatic carbocycles. The predicted octanol–water partition coefficient (Wildman–Crippen LogP) is 3.92. The van der Waals surface area contributed by atoms with Crippen LogP contribution in [0.25, 0.3) is 0 Å². The Bertz CT molecular complexity index is 396. The van der Waals surface area contributed by atoms with Gasteiger partial charge in [-0.15, -0.1) is 0 Å². The largest absolute Gasteiger partial charge is 0.371 e. The van der Waals surface area contributed by atoms with Crippen molar-refractivity contribution < 1.29 is 0 Å². The van der Waals surface area contributed by atoms with Crippen LogP contribution in [0.15, 0.2) is 22.7 Å². The third-order valence-electron chi connectivity index (χ3n) is 3.35. The molecule has 2 nitrogen and oxygen atoms in total. The summed E-state index contributed by atoms with van der Waals surface area (Å²) in [6.45, 7) is 4.32. The first-order chi connectivity index (χ1) is 8.95. The molecule has 0 saturated heterocycles. The number of nitrogens with two attached hydrogens (primary N) is 1. The van der Waals surface area contributed by atoms with Crippen molar-refractivity contribution in [3.63, 3.8) is 0 Å². The molecule has 0 heterocycles. The molecule has 2 N–H and O–H groups in total. The Hall–Kier alpha value is -0.190. The van der Waals surface area contributed by atoms with E-state index in [0.29, 0.717) is 6.04 Å². The van der Waals surface area contributed by atoms with E-state index in [4.69, 9.17) is 5.73 Å². The van der Waals surface area contributed by atoms with Gasteiger partial charge < -0.3 is 10.6 Å². The highest BCUT2D eigenvalue weighted by atomic mass is 79.9. The van der Waals surface area contributed by atoms with Crippen LogP contribution in [0.2, 0.25) is 0 Å². The molecule has 0 amide bonds. The molecule has 0 spiro atoms. The van der Waals surface area contributed by atoms with Crippen LogP contribution in [0.1, 0.15) is 25.8 Å². The molecule has 0 aromatic heterocycles. The minimum absolute atomic E-state index is 0.205. The van der Waals surface area contributed by atoms with Gasteiger partial charge in [0.15, 0.2) is 0 Å². The van der Waals surface area contributed by atoms with Crippen LogP contribution in [0, 0.1) is 0 Å². The molecule has 2 unspecified atom stereocenters. The minimum Gasteiger partial charge on any atom is -0.371 e. The molecule has 0 saturated carbocycles. The summed E-state index contributed by atoms with van der Waals surface area (Å²) in [5.41, 5.74) is 8.39. The molecule has 1 aromatic carbocycles. The first kappa shape index (κ1) is 16.9. The molecule has 19 heavy (non-hydrogen) atoms. The lowest BCUT2D eigenvalue weighted by Crippen LogP contribution is -2.29. The molecule has 108 valence electrons. The Morgan fingerprint density at radius 1 is 1.37 bits per heavy atom. The number of anilines is 1. The maximum atomic E-state index is 5.85. The van der Waals surface area contributed by atoms with E-state index in [1.165, 1.54) is 23.4 Å². The monoisotopic (exact) mass is 344 g/mol. The lowest BCUT2D eigenvalue weighted by Gasteiger charge is -2.28.